The predicted octanol–water partition coefficient (Wildman–Crippen LogP) is 2.14. The molecule has 0 aromatic carbocycles. The third-order valence-electron chi connectivity index (χ3n) is 0.977. The zero-order chi connectivity index (χ0) is 7.56. The van der Waals surface area contributed by atoms with Crippen LogP contribution in [0.4, 0.5) is 0 Å². The molecule has 1 aromatic rings. The zero-order valence-corrected chi connectivity index (χ0v) is 7.87. The average Bonchev–Trinajstić information content (AvgIpc) is 1.95. The monoisotopic (exact) mass is 217 g/mol. The smallest absolute Gasteiger partial charge is 0.187 e. The second-order valence-electron chi connectivity index (χ2n) is 1.65. The van der Waals surface area contributed by atoms with Crippen LogP contribution < -0.4 is 0 Å². The third kappa shape index (κ3) is 1.70. The van der Waals surface area contributed by atoms with Crippen LogP contribution >= 0.6 is 27.7 Å². The van der Waals surface area contributed by atoms with Crippen LogP contribution in [0.25, 0.3) is 0 Å². The number of nitrogens with zero attached hydrogens (tertiary/aromatic N) is 2. The summed E-state index contributed by atoms with van der Waals surface area (Å²) < 4.78 is 0.852. The molecule has 0 N–H and O–H groups in total. The van der Waals surface area contributed by atoms with Crippen LogP contribution in [0, 0.1) is 6.92 Å². The van der Waals surface area contributed by atoms with Crippen molar-refractivity contribution in [3.05, 3.63) is 23.3 Å². The van der Waals surface area contributed by atoms with E-state index in [2.05, 4.69) is 32.8 Å². The van der Waals surface area contributed by atoms with Gasteiger partial charge in [-0.15, -0.1) is 0 Å². The SMILES string of the molecule is [CH2]c1nc(SC)ncc1Br. The summed E-state index contributed by atoms with van der Waals surface area (Å²) in [7, 11) is 0. The first kappa shape index (κ1) is 8.01. The zero-order valence-electron chi connectivity index (χ0n) is 5.47. The molecule has 0 aliphatic heterocycles. The van der Waals surface area contributed by atoms with Crippen LogP contribution in [0.15, 0.2) is 15.8 Å². The Morgan fingerprint density at radius 2 is 2.40 bits per heavy atom. The Labute approximate surface area is 72.6 Å². The fourth-order valence-corrected chi connectivity index (χ4v) is 1.03. The molecule has 0 amide bonds. The molecule has 1 heterocycles. The minimum Gasteiger partial charge on any atom is -0.230 e. The van der Waals surface area contributed by atoms with Crippen molar-refractivity contribution < 1.29 is 0 Å². The maximum absolute atomic E-state index is 4.09. The van der Waals surface area contributed by atoms with Crippen LogP contribution in [0.5, 0.6) is 0 Å². The van der Waals surface area contributed by atoms with E-state index in [4.69, 9.17) is 0 Å². The van der Waals surface area contributed by atoms with Gasteiger partial charge in [-0.1, -0.05) is 11.8 Å². The molecule has 0 aliphatic rings. The first-order valence-corrected chi connectivity index (χ1v) is 4.64. The summed E-state index contributed by atoms with van der Waals surface area (Å²) in [6, 6.07) is 0. The summed E-state index contributed by atoms with van der Waals surface area (Å²) in [6.07, 6.45) is 3.64. The Balaban J connectivity index is 3.04. The van der Waals surface area contributed by atoms with Crippen molar-refractivity contribution in [1.82, 2.24) is 9.97 Å². The lowest BCUT2D eigenvalue weighted by molar-refractivity contribution is 0.943. The summed E-state index contributed by atoms with van der Waals surface area (Å²) in [5, 5.41) is 0.758. The Kier molecular flexibility index (Phi) is 2.68. The number of rotatable bonds is 1. The Bertz CT molecular complexity index is 239. The molecule has 0 spiro atoms. The van der Waals surface area contributed by atoms with Crippen molar-refractivity contribution in [2.24, 2.45) is 0 Å². The highest BCUT2D eigenvalue weighted by atomic mass is 79.9. The summed E-state index contributed by atoms with van der Waals surface area (Å²) in [6.45, 7) is 3.72. The molecule has 1 aromatic heterocycles. The lowest BCUT2D eigenvalue weighted by Crippen LogP contribution is -1.88. The van der Waals surface area contributed by atoms with Crippen LogP contribution in [0.3, 0.4) is 0 Å². The number of thioether (sulfide) groups is 1. The maximum atomic E-state index is 4.09. The van der Waals surface area contributed by atoms with Gasteiger partial charge in [0.25, 0.3) is 0 Å². The molecule has 0 bridgehead atoms. The fourth-order valence-electron chi connectivity index (χ4n) is 0.482. The van der Waals surface area contributed by atoms with E-state index in [0.717, 1.165) is 15.3 Å². The van der Waals surface area contributed by atoms with Gasteiger partial charge in [-0.25, -0.2) is 9.97 Å². The molecule has 0 unspecified atom stereocenters. The largest absolute Gasteiger partial charge is 0.230 e. The lowest BCUT2D eigenvalue weighted by Gasteiger charge is -1.97. The van der Waals surface area contributed by atoms with Crippen LogP contribution in [0.2, 0.25) is 0 Å². The Hall–Kier alpha value is -0.0900. The van der Waals surface area contributed by atoms with Gasteiger partial charge in [-0.2, -0.15) is 0 Å². The van der Waals surface area contributed by atoms with E-state index >= 15 is 0 Å². The number of aromatic nitrogens is 2. The normalized spacial score (nSPS) is 9.90. The van der Waals surface area contributed by atoms with Gasteiger partial charge >= 0.3 is 0 Å². The topological polar surface area (TPSA) is 25.8 Å². The van der Waals surface area contributed by atoms with Crippen molar-refractivity contribution in [3.63, 3.8) is 0 Å². The van der Waals surface area contributed by atoms with Crippen LogP contribution in [-0.2, 0) is 0 Å². The molecule has 1 radical (unpaired) electrons. The molecule has 10 heavy (non-hydrogen) atoms. The van der Waals surface area contributed by atoms with E-state index in [9.17, 15) is 0 Å². The summed E-state index contributed by atoms with van der Waals surface area (Å²) in [4.78, 5) is 8.11. The van der Waals surface area contributed by atoms with Crippen molar-refractivity contribution in [2.45, 2.75) is 5.16 Å². The quantitative estimate of drug-likeness (QED) is 0.533. The van der Waals surface area contributed by atoms with Gasteiger partial charge in [-0.05, 0) is 29.1 Å². The van der Waals surface area contributed by atoms with Crippen LogP contribution in [0.1, 0.15) is 5.69 Å². The highest BCUT2D eigenvalue weighted by Crippen LogP contribution is 2.15. The standard InChI is InChI=1S/C6H6BrN2S/c1-4-5(7)3-8-6(9-4)10-2/h3H,1H2,2H3. The highest BCUT2D eigenvalue weighted by molar-refractivity contribution is 9.10. The summed E-state index contributed by atoms with van der Waals surface area (Å²) in [5.41, 5.74) is 0.736. The molecule has 0 atom stereocenters. The van der Waals surface area contributed by atoms with Gasteiger partial charge in [0, 0.05) is 6.20 Å². The molecule has 53 valence electrons. The lowest BCUT2D eigenvalue weighted by atomic mass is 10.5. The predicted molar refractivity (Wildman–Crippen MR) is 46.0 cm³/mol. The van der Waals surface area contributed by atoms with E-state index in [1.54, 1.807) is 6.20 Å². The summed E-state index contributed by atoms with van der Waals surface area (Å²) in [5.74, 6) is 0. The van der Waals surface area contributed by atoms with E-state index in [-0.39, 0.29) is 0 Å². The summed E-state index contributed by atoms with van der Waals surface area (Å²) >= 11 is 4.77. The first-order chi connectivity index (χ1) is 4.74. The average molecular weight is 218 g/mol. The number of halogens is 1. The third-order valence-corrected chi connectivity index (χ3v) is 2.20. The molecule has 1 rings (SSSR count). The van der Waals surface area contributed by atoms with Gasteiger partial charge in [-0.3, -0.25) is 0 Å². The highest BCUT2D eigenvalue weighted by Gasteiger charge is 1.97. The van der Waals surface area contributed by atoms with Crippen molar-refractivity contribution in [1.29, 1.82) is 0 Å². The van der Waals surface area contributed by atoms with E-state index in [1.807, 2.05) is 6.26 Å². The molecular formula is C6H6BrN2S. The molecular weight excluding hydrogens is 212 g/mol. The number of hydrogen-bond donors (Lipinski definition) is 0. The van der Waals surface area contributed by atoms with E-state index < -0.39 is 0 Å². The van der Waals surface area contributed by atoms with Gasteiger partial charge in [0.1, 0.15) is 0 Å². The van der Waals surface area contributed by atoms with Crippen molar-refractivity contribution >= 4 is 27.7 Å². The fraction of sp³-hybridized carbons (Fsp3) is 0.167. The second kappa shape index (κ2) is 3.34. The van der Waals surface area contributed by atoms with E-state index in [1.165, 1.54) is 11.8 Å². The molecule has 0 aliphatic carbocycles. The van der Waals surface area contributed by atoms with Crippen molar-refractivity contribution in [3.8, 4) is 0 Å². The number of hydrogen-bond acceptors (Lipinski definition) is 3. The molecule has 2 nitrogen and oxygen atoms in total. The molecule has 0 fully saturated rings. The second-order valence-corrected chi connectivity index (χ2v) is 3.28. The molecule has 0 saturated carbocycles. The molecule has 0 saturated heterocycles. The van der Waals surface area contributed by atoms with E-state index in [0.29, 0.717) is 0 Å². The Morgan fingerprint density at radius 3 is 2.90 bits per heavy atom. The van der Waals surface area contributed by atoms with Crippen molar-refractivity contribution in [2.75, 3.05) is 6.26 Å². The first-order valence-electron chi connectivity index (χ1n) is 2.62. The van der Waals surface area contributed by atoms with Gasteiger partial charge in [0.15, 0.2) is 5.16 Å². The minimum atomic E-state index is 0.736. The van der Waals surface area contributed by atoms with Gasteiger partial charge < -0.3 is 0 Å². The van der Waals surface area contributed by atoms with Gasteiger partial charge in [0.05, 0.1) is 10.2 Å². The minimum absolute atomic E-state index is 0.736. The maximum Gasteiger partial charge on any atom is 0.187 e. The molecule has 4 heteroatoms. The van der Waals surface area contributed by atoms with Gasteiger partial charge in [0.2, 0.25) is 0 Å². The Morgan fingerprint density at radius 1 is 1.70 bits per heavy atom. The van der Waals surface area contributed by atoms with Crippen LogP contribution in [-0.4, -0.2) is 16.2 Å².